The average molecular weight is 243 g/mol. The van der Waals surface area contributed by atoms with Crippen LogP contribution in [0, 0.1) is 5.92 Å². The van der Waals surface area contributed by atoms with Gasteiger partial charge in [-0.25, -0.2) is 4.79 Å². The normalized spacial score (nSPS) is 19.2. The summed E-state index contributed by atoms with van der Waals surface area (Å²) in [6.45, 7) is 5.65. The average Bonchev–Trinajstić information content (AvgIpc) is 2.79. The summed E-state index contributed by atoms with van der Waals surface area (Å²) in [6, 6.07) is 0. The lowest BCUT2D eigenvalue weighted by atomic mass is 10.1. The first kappa shape index (κ1) is 13.8. The van der Waals surface area contributed by atoms with Crippen LogP contribution in [0.2, 0.25) is 0 Å². The Hall–Kier alpha value is -1.26. The third-order valence-corrected chi connectivity index (χ3v) is 2.79. The Balaban J connectivity index is 2.29. The highest BCUT2D eigenvalue weighted by atomic mass is 16.6. The third kappa shape index (κ3) is 4.24. The predicted molar refractivity (Wildman–Crippen MR) is 62.6 cm³/mol. The van der Waals surface area contributed by atoms with Gasteiger partial charge in [0.25, 0.3) is 0 Å². The van der Waals surface area contributed by atoms with Gasteiger partial charge in [-0.05, 0) is 19.8 Å². The monoisotopic (exact) mass is 243 g/mol. The summed E-state index contributed by atoms with van der Waals surface area (Å²) >= 11 is 0. The molecule has 1 saturated heterocycles. The number of hydrogen-bond donors (Lipinski definition) is 0. The summed E-state index contributed by atoms with van der Waals surface area (Å²) in [7, 11) is 0. The Labute approximate surface area is 102 Å². The smallest absolute Gasteiger partial charge is 0.409 e. The van der Waals surface area contributed by atoms with Gasteiger partial charge in [0.1, 0.15) is 0 Å². The van der Waals surface area contributed by atoms with Gasteiger partial charge >= 0.3 is 12.1 Å². The molecule has 1 atom stereocenters. The van der Waals surface area contributed by atoms with Gasteiger partial charge in [0, 0.05) is 13.1 Å². The van der Waals surface area contributed by atoms with E-state index in [4.69, 9.17) is 9.47 Å². The molecule has 0 aliphatic carbocycles. The van der Waals surface area contributed by atoms with Crippen LogP contribution in [0.15, 0.2) is 0 Å². The number of hydrogen-bond acceptors (Lipinski definition) is 4. The van der Waals surface area contributed by atoms with Crippen molar-refractivity contribution in [2.75, 3.05) is 26.3 Å². The van der Waals surface area contributed by atoms with Crippen LogP contribution < -0.4 is 0 Å². The molecule has 1 heterocycles. The van der Waals surface area contributed by atoms with Crippen LogP contribution in [-0.4, -0.2) is 43.3 Å². The first-order valence-corrected chi connectivity index (χ1v) is 6.27. The van der Waals surface area contributed by atoms with Crippen LogP contribution >= 0.6 is 0 Å². The van der Waals surface area contributed by atoms with Gasteiger partial charge in [-0.3, -0.25) is 4.79 Å². The van der Waals surface area contributed by atoms with Crippen LogP contribution in [-0.2, 0) is 14.3 Å². The zero-order valence-corrected chi connectivity index (χ0v) is 10.6. The second-order valence-electron chi connectivity index (χ2n) is 4.15. The fourth-order valence-corrected chi connectivity index (χ4v) is 1.77. The van der Waals surface area contributed by atoms with Crippen molar-refractivity contribution in [1.82, 2.24) is 4.90 Å². The summed E-state index contributed by atoms with van der Waals surface area (Å²) in [4.78, 5) is 24.6. The van der Waals surface area contributed by atoms with Crippen molar-refractivity contribution in [1.29, 1.82) is 0 Å². The standard InChI is InChI=1S/C12H21NO4/c1-3-5-8-17-11(14)10-6-7-13(9-10)12(15)16-4-2/h10H,3-9H2,1-2H3. The maximum Gasteiger partial charge on any atom is 0.409 e. The van der Waals surface area contributed by atoms with Gasteiger partial charge in [-0.2, -0.15) is 0 Å². The lowest BCUT2D eigenvalue weighted by Crippen LogP contribution is -2.31. The SMILES string of the molecule is CCCCOC(=O)C1CCN(C(=O)OCC)C1. The van der Waals surface area contributed by atoms with Gasteiger partial charge in [0.05, 0.1) is 19.1 Å². The molecule has 0 aromatic carbocycles. The molecular weight excluding hydrogens is 222 g/mol. The van der Waals surface area contributed by atoms with Crippen molar-refractivity contribution in [3.63, 3.8) is 0 Å². The second kappa shape index (κ2) is 7.14. The van der Waals surface area contributed by atoms with Gasteiger partial charge < -0.3 is 14.4 Å². The van der Waals surface area contributed by atoms with Crippen molar-refractivity contribution in [2.45, 2.75) is 33.1 Å². The minimum absolute atomic E-state index is 0.184. The van der Waals surface area contributed by atoms with Crippen LogP contribution in [0.5, 0.6) is 0 Å². The fraction of sp³-hybridized carbons (Fsp3) is 0.833. The lowest BCUT2D eigenvalue weighted by molar-refractivity contribution is -0.148. The Bertz CT molecular complexity index is 267. The highest BCUT2D eigenvalue weighted by Gasteiger charge is 2.32. The number of esters is 1. The molecule has 5 heteroatoms. The number of carbonyl (C=O) groups is 2. The van der Waals surface area contributed by atoms with E-state index in [-0.39, 0.29) is 18.0 Å². The predicted octanol–water partition coefficient (Wildman–Crippen LogP) is 1.81. The molecule has 0 radical (unpaired) electrons. The molecule has 0 N–H and O–H groups in total. The summed E-state index contributed by atoms with van der Waals surface area (Å²) in [5, 5.41) is 0. The number of carbonyl (C=O) groups excluding carboxylic acids is 2. The quantitative estimate of drug-likeness (QED) is 0.546. The largest absolute Gasteiger partial charge is 0.465 e. The first-order valence-electron chi connectivity index (χ1n) is 6.27. The van der Waals surface area contributed by atoms with Crippen LogP contribution in [0.3, 0.4) is 0 Å². The van der Waals surface area contributed by atoms with E-state index >= 15 is 0 Å². The Kier molecular flexibility index (Phi) is 5.80. The molecule has 1 rings (SSSR count). The van der Waals surface area contributed by atoms with E-state index in [1.807, 2.05) is 6.92 Å². The van der Waals surface area contributed by atoms with Crippen molar-refractivity contribution in [2.24, 2.45) is 5.92 Å². The molecule has 0 aromatic heterocycles. The molecule has 0 saturated carbocycles. The molecule has 17 heavy (non-hydrogen) atoms. The molecule has 0 bridgehead atoms. The summed E-state index contributed by atoms with van der Waals surface area (Å²) < 4.78 is 10.0. The zero-order chi connectivity index (χ0) is 12.7. The minimum atomic E-state index is -0.337. The van der Waals surface area contributed by atoms with Crippen LogP contribution in [0.4, 0.5) is 4.79 Å². The molecule has 1 amide bonds. The molecule has 1 aliphatic rings. The van der Waals surface area contributed by atoms with Crippen molar-refractivity contribution >= 4 is 12.1 Å². The Morgan fingerprint density at radius 3 is 2.71 bits per heavy atom. The molecule has 1 fully saturated rings. The lowest BCUT2D eigenvalue weighted by Gasteiger charge is -2.15. The maximum absolute atomic E-state index is 11.6. The van der Waals surface area contributed by atoms with Gasteiger partial charge in [0.15, 0.2) is 0 Å². The molecule has 98 valence electrons. The van der Waals surface area contributed by atoms with Gasteiger partial charge in [-0.1, -0.05) is 13.3 Å². The number of unbranched alkanes of at least 4 members (excludes halogenated alkanes) is 1. The molecule has 0 spiro atoms. The third-order valence-electron chi connectivity index (χ3n) is 2.79. The molecule has 0 aromatic rings. The van der Waals surface area contributed by atoms with Crippen LogP contribution in [0.1, 0.15) is 33.1 Å². The fourth-order valence-electron chi connectivity index (χ4n) is 1.77. The van der Waals surface area contributed by atoms with E-state index in [1.54, 1.807) is 11.8 Å². The minimum Gasteiger partial charge on any atom is -0.465 e. The highest BCUT2D eigenvalue weighted by Crippen LogP contribution is 2.18. The summed E-state index contributed by atoms with van der Waals surface area (Å²) in [5.74, 6) is -0.374. The molecule has 5 nitrogen and oxygen atoms in total. The summed E-state index contributed by atoms with van der Waals surface area (Å²) in [6.07, 6.45) is 2.23. The number of rotatable bonds is 5. The number of likely N-dealkylation sites (tertiary alicyclic amines) is 1. The Morgan fingerprint density at radius 1 is 1.29 bits per heavy atom. The molecule has 1 unspecified atom stereocenters. The van der Waals surface area contributed by atoms with E-state index < -0.39 is 0 Å². The maximum atomic E-state index is 11.6. The number of nitrogens with zero attached hydrogens (tertiary/aromatic N) is 1. The van der Waals surface area contributed by atoms with E-state index in [9.17, 15) is 9.59 Å². The van der Waals surface area contributed by atoms with Gasteiger partial charge in [0.2, 0.25) is 0 Å². The van der Waals surface area contributed by atoms with Crippen LogP contribution in [0.25, 0.3) is 0 Å². The van der Waals surface area contributed by atoms with Crippen molar-refractivity contribution in [3.8, 4) is 0 Å². The second-order valence-corrected chi connectivity index (χ2v) is 4.15. The summed E-state index contributed by atoms with van der Waals surface area (Å²) in [5.41, 5.74) is 0. The van der Waals surface area contributed by atoms with Crippen molar-refractivity contribution in [3.05, 3.63) is 0 Å². The number of amides is 1. The van der Waals surface area contributed by atoms with Gasteiger partial charge in [-0.15, -0.1) is 0 Å². The van der Waals surface area contributed by atoms with E-state index in [0.717, 1.165) is 12.8 Å². The molecular formula is C12H21NO4. The van der Waals surface area contributed by atoms with E-state index in [0.29, 0.717) is 32.7 Å². The first-order chi connectivity index (χ1) is 8.19. The zero-order valence-electron chi connectivity index (χ0n) is 10.6. The highest BCUT2D eigenvalue weighted by molar-refractivity contribution is 5.75. The number of ether oxygens (including phenoxy) is 2. The molecule has 1 aliphatic heterocycles. The van der Waals surface area contributed by atoms with E-state index in [2.05, 4.69) is 0 Å². The topological polar surface area (TPSA) is 55.8 Å². The van der Waals surface area contributed by atoms with Crippen molar-refractivity contribution < 1.29 is 19.1 Å². The van der Waals surface area contributed by atoms with E-state index in [1.165, 1.54) is 0 Å². The Morgan fingerprint density at radius 2 is 2.06 bits per heavy atom.